The van der Waals surface area contributed by atoms with E-state index in [0.717, 1.165) is 26.1 Å². The van der Waals surface area contributed by atoms with Crippen LogP contribution < -0.4 is 0 Å². The van der Waals surface area contributed by atoms with E-state index in [1.54, 1.807) is 12.3 Å². The summed E-state index contributed by atoms with van der Waals surface area (Å²) in [6.07, 6.45) is 2.64. The van der Waals surface area contributed by atoms with Crippen molar-refractivity contribution in [2.45, 2.75) is 19.4 Å². The highest BCUT2D eigenvalue weighted by Gasteiger charge is 2.26. The predicted octanol–water partition coefficient (Wildman–Crippen LogP) is 1.72. The number of nitrogens with one attached hydrogen (secondary N) is 1. The fraction of sp³-hybridized carbons (Fsp3) is 0.500. The number of nitrogens with zero attached hydrogens (tertiary/aromatic N) is 4. The van der Waals surface area contributed by atoms with Crippen molar-refractivity contribution in [2.24, 2.45) is 0 Å². The van der Waals surface area contributed by atoms with Gasteiger partial charge in [-0.1, -0.05) is 12.1 Å². The van der Waals surface area contributed by atoms with Crippen molar-refractivity contribution >= 4 is 0 Å². The zero-order valence-corrected chi connectivity index (χ0v) is 11.9. The highest BCUT2D eigenvalue weighted by atomic mass is 16.5. The van der Waals surface area contributed by atoms with E-state index in [0.29, 0.717) is 29.6 Å². The van der Waals surface area contributed by atoms with E-state index in [4.69, 9.17) is 14.5 Å². The van der Waals surface area contributed by atoms with Gasteiger partial charge in [-0.05, 0) is 19.0 Å². The Kier molecular flexibility index (Phi) is 3.99. The number of nitriles is 1. The molecular weight excluding hydrogens is 270 g/mol. The highest BCUT2D eigenvalue weighted by Crippen LogP contribution is 2.24. The summed E-state index contributed by atoms with van der Waals surface area (Å²) in [4.78, 5) is 9.57. The van der Waals surface area contributed by atoms with Gasteiger partial charge in [0.25, 0.3) is 5.89 Å². The summed E-state index contributed by atoms with van der Waals surface area (Å²) in [6.45, 7) is 5.61. The van der Waals surface area contributed by atoms with E-state index in [-0.39, 0.29) is 6.10 Å². The lowest BCUT2D eigenvalue weighted by atomic mass is 10.2. The molecule has 7 nitrogen and oxygen atoms in total. The van der Waals surface area contributed by atoms with Gasteiger partial charge < -0.3 is 14.2 Å². The Morgan fingerprint density at radius 2 is 2.48 bits per heavy atom. The summed E-state index contributed by atoms with van der Waals surface area (Å²) in [5.74, 6) is 0.962. The van der Waals surface area contributed by atoms with Gasteiger partial charge >= 0.3 is 0 Å². The Bertz CT molecular complexity index is 640. The van der Waals surface area contributed by atoms with Gasteiger partial charge in [0, 0.05) is 19.3 Å². The van der Waals surface area contributed by atoms with E-state index in [1.165, 1.54) is 0 Å². The molecule has 3 rings (SSSR count). The van der Waals surface area contributed by atoms with Crippen LogP contribution in [0, 0.1) is 11.3 Å². The average Bonchev–Trinajstić information content (AvgIpc) is 3.17. The molecule has 3 heterocycles. The molecule has 1 atom stereocenters. The van der Waals surface area contributed by atoms with Gasteiger partial charge in [-0.2, -0.15) is 10.2 Å². The highest BCUT2D eigenvalue weighted by molar-refractivity contribution is 5.54. The first-order valence-corrected chi connectivity index (χ1v) is 7.06. The Hall–Kier alpha value is -2.17. The van der Waals surface area contributed by atoms with Gasteiger partial charge in [-0.3, -0.25) is 4.90 Å². The number of aromatic amines is 1. The molecule has 0 saturated carbocycles. The molecule has 0 aromatic carbocycles. The molecule has 2 aromatic heterocycles. The SMILES string of the molecule is CCCN1CCOC(c2noc(-c3c[nH]c(C#N)c3)n2)C1. The molecule has 1 fully saturated rings. The summed E-state index contributed by atoms with van der Waals surface area (Å²) in [6, 6.07) is 3.71. The van der Waals surface area contributed by atoms with Crippen LogP contribution in [0.15, 0.2) is 16.8 Å². The van der Waals surface area contributed by atoms with Gasteiger partial charge in [0.05, 0.1) is 12.2 Å². The van der Waals surface area contributed by atoms with Crippen molar-refractivity contribution in [1.82, 2.24) is 20.0 Å². The molecule has 7 heteroatoms. The second-order valence-electron chi connectivity index (χ2n) is 5.03. The zero-order chi connectivity index (χ0) is 14.7. The van der Waals surface area contributed by atoms with E-state index in [1.807, 2.05) is 6.07 Å². The van der Waals surface area contributed by atoms with Crippen LogP contribution in [-0.4, -0.2) is 46.3 Å². The number of ether oxygens (including phenoxy) is 1. The van der Waals surface area contributed by atoms with Gasteiger partial charge in [0.1, 0.15) is 17.9 Å². The van der Waals surface area contributed by atoms with Gasteiger partial charge in [-0.15, -0.1) is 0 Å². The molecule has 0 spiro atoms. The van der Waals surface area contributed by atoms with Crippen LogP contribution in [0.1, 0.15) is 31.0 Å². The molecule has 2 aromatic rings. The third-order valence-corrected chi connectivity index (χ3v) is 3.47. The Morgan fingerprint density at radius 3 is 3.24 bits per heavy atom. The lowest BCUT2D eigenvalue weighted by molar-refractivity contribution is -0.0350. The summed E-state index contributed by atoms with van der Waals surface area (Å²) in [7, 11) is 0. The molecule has 1 saturated heterocycles. The number of hydrogen-bond acceptors (Lipinski definition) is 6. The third kappa shape index (κ3) is 2.96. The van der Waals surface area contributed by atoms with E-state index < -0.39 is 0 Å². The minimum Gasteiger partial charge on any atom is -0.367 e. The van der Waals surface area contributed by atoms with Gasteiger partial charge in [0.2, 0.25) is 5.82 Å². The van der Waals surface area contributed by atoms with Crippen LogP contribution in [0.25, 0.3) is 11.5 Å². The Labute approximate surface area is 122 Å². The number of aromatic nitrogens is 3. The maximum Gasteiger partial charge on any atom is 0.259 e. The van der Waals surface area contributed by atoms with Crippen molar-refractivity contribution in [3.8, 4) is 17.5 Å². The fourth-order valence-corrected chi connectivity index (χ4v) is 2.44. The first-order chi connectivity index (χ1) is 10.3. The summed E-state index contributed by atoms with van der Waals surface area (Å²) >= 11 is 0. The van der Waals surface area contributed by atoms with Gasteiger partial charge in [0.15, 0.2) is 0 Å². The first kappa shape index (κ1) is 13.8. The van der Waals surface area contributed by atoms with Crippen molar-refractivity contribution in [3.05, 3.63) is 23.8 Å². The lowest BCUT2D eigenvalue weighted by Gasteiger charge is -2.30. The largest absolute Gasteiger partial charge is 0.367 e. The van der Waals surface area contributed by atoms with Crippen LogP contribution in [-0.2, 0) is 4.74 Å². The molecule has 1 aliphatic rings. The number of morpholine rings is 1. The maximum absolute atomic E-state index is 8.81. The molecule has 1 N–H and O–H groups in total. The number of hydrogen-bond donors (Lipinski definition) is 1. The van der Waals surface area contributed by atoms with E-state index >= 15 is 0 Å². The Balaban J connectivity index is 1.74. The zero-order valence-electron chi connectivity index (χ0n) is 11.9. The second kappa shape index (κ2) is 6.08. The molecule has 0 amide bonds. The smallest absolute Gasteiger partial charge is 0.259 e. The molecule has 0 radical (unpaired) electrons. The van der Waals surface area contributed by atoms with E-state index in [2.05, 4.69) is 26.9 Å². The van der Waals surface area contributed by atoms with Crippen LogP contribution >= 0.6 is 0 Å². The quantitative estimate of drug-likeness (QED) is 0.920. The normalized spacial score (nSPS) is 19.5. The van der Waals surface area contributed by atoms with Crippen molar-refractivity contribution in [2.75, 3.05) is 26.2 Å². The molecule has 1 unspecified atom stereocenters. The van der Waals surface area contributed by atoms with Crippen molar-refractivity contribution in [1.29, 1.82) is 5.26 Å². The van der Waals surface area contributed by atoms with E-state index in [9.17, 15) is 0 Å². The maximum atomic E-state index is 8.81. The molecular formula is C14H17N5O2. The second-order valence-corrected chi connectivity index (χ2v) is 5.03. The fourth-order valence-electron chi connectivity index (χ4n) is 2.44. The molecule has 0 aliphatic carbocycles. The minimum atomic E-state index is -0.155. The van der Waals surface area contributed by atoms with Crippen molar-refractivity contribution < 1.29 is 9.26 Å². The summed E-state index contributed by atoms with van der Waals surface area (Å²) < 4.78 is 11.0. The third-order valence-electron chi connectivity index (χ3n) is 3.47. The molecule has 0 bridgehead atoms. The predicted molar refractivity (Wildman–Crippen MR) is 74.2 cm³/mol. The molecule has 110 valence electrons. The van der Waals surface area contributed by atoms with Crippen LogP contribution in [0.5, 0.6) is 0 Å². The lowest BCUT2D eigenvalue weighted by Crippen LogP contribution is -2.39. The minimum absolute atomic E-state index is 0.155. The Morgan fingerprint density at radius 1 is 1.57 bits per heavy atom. The number of H-pyrrole nitrogens is 1. The molecule has 1 aliphatic heterocycles. The van der Waals surface area contributed by atoms with Crippen LogP contribution in [0.3, 0.4) is 0 Å². The molecule has 21 heavy (non-hydrogen) atoms. The standard InChI is InChI=1S/C14H17N5O2/c1-2-3-19-4-5-20-12(9-19)13-17-14(21-18-13)10-6-11(7-15)16-8-10/h6,8,12,16H,2-5,9H2,1H3. The van der Waals surface area contributed by atoms with Crippen LogP contribution in [0.4, 0.5) is 0 Å². The number of rotatable bonds is 4. The first-order valence-electron chi connectivity index (χ1n) is 7.06. The monoisotopic (exact) mass is 287 g/mol. The topological polar surface area (TPSA) is 91.0 Å². The van der Waals surface area contributed by atoms with Gasteiger partial charge in [-0.25, -0.2) is 0 Å². The van der Waals surface area contributed by atoms with Crippen molar-refractivity contribution in [3.63, 3.8) is 0 Å². The van der Waals surface area contributed by atoms with Crippen LogP contribution in [0.2, 0.25) is 0 Å². The average molecular weight is 287 g/mol. The summed E-state index contributed by atoms with van der Waals surface area (Å²) in [5.41, 5.74) is 1.18. The summed E-state index contributed by atoms with van der Waals surface area (Å²) in [5, 5.41) is 12.8.